The number of sulfonamides is 1. The number of nitrogens with zero attached hydrogens (tertiary/aromatic N) is 2. The van der Waals surface area contributed by atoms with Gasteiger partial charge in [0.2, 0.25) is 21.8 Å². The van der Waals surface area contributed by atoms with Crippen molar-refractivity contribution in [1.82, 2.24) is 10.2 Å². The lowest BCUT2D eigenvalue weighted by Gasteiger charge is -2.33. The van der Waals surface area contributed by atoms with Gasteiger partial charge in [-0.1, -0.05) is 44.0 Å². The molecule has 2 aromatic carbocycles. The molecule has 37 heavy (non-hydrogen) atoms. The first kappa shape index (κ1) is 28.5. The van der Waals surface area contributed by atoms with Crippen LogP contribution >= 0.6 is 0 Å². The molecule has 1 aliphatic rings. The molecule has 0 saturated heterocycles. The molecule has 0 aromatic heterocycles. The fourth-order valence-corrected chi connectivity index (χ4v) is 5.74. The largest absolute Gasteiger partial charge is 0.497 e. The monoisotopic (exact) mass is 529 g/mol. The predicted molar refractivity (Wildman–Crippen MR) is 146 cm³/mol. The summed E-state index contributed by atoms with van der Waals surface area (Å²) in [5, 5.41) is 3.12. The number of benzene rings is 2. The van der Waals surface area contributed by atoms with E-state index in [0.717, 1.165) is 52.9 Å². The molecule has 9 heteroatoms. The summed E-state index contributed by atoms with van der Waals surface area (Å²) in [7, 11) is -2.21. The van der Waals surface area contributed by atoms with E-state index >= 15 is 0 Å². The fraction of sp³-hybridized carbons (Fsp3) is 0.500. The minimum atomic E-state index is -3.78. The van der Waals surface area contributed by atoms with Crippen LogP contribution in [0.3, 0.4) is 0 Å². The molecule has 3 rings (SSSR count). The zero-order valence-corrected chi connectivity index (χ0v) is 23.3. The van der Waals surface area contributed by atoms with Crippen molar-refractivity contribution in [2.24, 2.45) is 0 Å². The van der Waals surface area contributed by atoms with Crippen molar-refractivity contribution >= 4 is 27.5 Å². The van der Waals surface area contributed by atoms with E-state index in [1.54, 1.807) is 13.2 Å². The third kappa shape index (κ3) is 7.47. The van der Waals surface area contributed by atoms with Crippen molar-refractivity contribution in [3.63, 3.8) is 0 Å². The third-order valence-corrected chi connectivity index (χ3v) is 8.01. The fourth-order valence-electron chi connectivity index (χ4n) is 4.84. The Kier molecular flexibility index (Phi) is 9.59. The number of anilines is 1. The molecule has 1 atom stereocenters. The highest BCUT2D eigenvalue weighted by atomic mass is 32.2. The van der Waals surface area contributed by atoms with Gasteiger partial charge in [-0.25, -0.2) is 8.42 Å². The summed E-state index contributed by atoms with van der Waals surface area (Å²) in [4.78, 5) is 28.8. The second kappa shape index (κ2) is 12.4. The topological polar surface area (TPSA) is 96.0 Å². The van der Waals surface area contributed by atoms with Crippen LogP contribution in [0.15, 0.2) is 42.5 Å². The highest BCUT2D eigenvalue weighted by molar-refractivity contribution is 7.92. The van der Waals surface area contributed by atoms with Crippen molar-refractivity contribution in [3.8, 4) is 5.75 Å². The number of aryl methyl sites for hydroxylation is 2. The van der Waals surface area contributed by atoms with Crippen LogP contribution in [0, 0.1) is 13.8 Å². The molecule has 2 aromatic rings. The first-order chi connectivity index (χ1) is 17.5. The molecule has 1 N–H and O–H groups in total. The number of methoxy groups -OCH3 is 1. The molecule has 2 amide bonds. The smallest absolute Gasteiger partial charge is 0.244 e. The number of rotatable bonds is 11. The number of carbonyl (C=O) groups excluding carboxylic acids is 2. The SMILES string of the molecule is CC[C@@H](C(=O)NC1CCCC1)N(Cc1cccc(OC)c1)C(=O)CN(c1cc(C)ccc1C)S(C)(=O)=O. The summed E-state index contributed by atoms with van der Waals surface area (Å²) < 4.78 is 32.2. The Bertz CT molecular complexity index is 1210. The van der Waals surface area contributed by atoms with Crippen LogP contribution in [0.1, 0.15) is 55.7 Å². The molecule has 1 aliphatic carbocycles. The van der Waals surface area contributed by atoms with Crippen molar-refractivity contribution in [2.75, 3.05) is 24.2 Å². The number of hydrogen-bond donors (Lipinski definition) is 1. The molecule has 8 nitrogen and oxygen atoms in total. The van der Waals surface area contributed by atoms with Crippen molar-refractivity contribution in [3.05, 3.63) is 59.2 Å². The second-order valence-corrected chi connectivity index (χ2v) is 11.8. The molecule has 0 unspecified atom stereocenters. The van der Waals surface area contributed by atoms with Crippen LogP contribution in [0.5, 0.6) is 5.75 Å². The highest BCUT2D eigenvalue weighted by Gasteiger charge is 2.33. The Hall–Kier alpha value is -3.07. The average molecular weight is 530 g/mol. The summed E-state index contributed by atoms with van der Waals surface area (Å²) in [6, 6.07) is 12.2. The van der Waals surface area contributed by atoms with Gasteiger partial charge in [0.1, 0.15) is 18.3 Å². The quantitative estimate of drug-likeness (QED) is 0.476. The van der Waals surface area contributed by atoms with Gasteiger partial charge in [-0.2, -0.15) is 0 Å². The van der Waals surface area contributed by atoms with Crippen LogP contribution in [-0.4, -0.2) is 57.1 Å². The number of amides is 2. The third-order valence-electron chi connectivity index (χ3n) is 6.89. The maximum absolute atomic E-state index is 13.9. The van der Waals surface area contributed by atoms with E-state index in [1.165, 1.54) is 4.90 Å². The van der Waals surface area contributed by atoms with Gasteiger partial charge in [-0.05, 0) is 68.0 Å². The van der Waals surface area contributed by atoms with E-state index in [2.05, 4.69) is 5.32 Å². The molecule has 1 fully saturated rings. The zero-order chi connectivity index (χ0) is 27.2. The Balaban J connectivity index is 1.96. The van der Waals surface area contributed by atoms with Gasteiger partial charge >= 0.3 is 0 Å². The maximum Gasteiger partial charge on any atom is 0.244 e. The van der Waals surface area contributed by atoms with Crippen molar-refractivity contribution < 1.29 is 22.7 Å². The predicted octanol–water partition coefficient (Wildman–Crippen LogP) is 3.94. The molecular formula is C28H39N3O5S. The van der Waals surface area contributed by atoms with E-state index in [4.69, 9.17) is 4.74 Å². The van der Waals surface area contributed by atoms with Crippen LogP contribution in [0.2, 0.25) is 0 Å². The van der Waals surface area contributed by atoms with Gasteiger partial charge in [-0.15, -0.1) is 0 Å². The number of nitrogens with one attached hydrogen (secondary N) is 1. The van der Waals surface area contributed by atoms with E-state index in [0.29, 0.717) is 17.9 Å². The van der Waals surface area contributed by atoms with Gasteiger partial charge in [0.15, 0.2) is 0 Å². The Labute approximate surface area is 221 Å². The van der Waals surface area contributed by atoms with Crippen molar-refractivity contribution in [1.29, 1.82) is 0 Å². The lowest BCUT2D eigenvalue weighted by atomic mass is 10.1. The number of hydrogen-bond acceptors (Lipinski definition) is 5. The van der Waals surface area contributed by atoms with E-state index in [9.17, 15) is 18.0 Å². The second-order valence-electron chi connectivity index (χ2n) is 9.85. The van der Waals surface area contributed by atoms with Crippen molar-refractivity contribution in [2.45, 2.75) is 71.5 Å². The minimum Gasteiger partial charge on any atom is -0.497 e. The summed E-state index contributed by atoms with van der Waals surface area (Å²) in [5.41, 5.74) is 2.88. The molecule has 0 radical (unpaired) electrons. The van der Waals surface area contributed by atoms with Crippen LogP contribution < -0.4 is 14.4 Å². The molecule has 1 saturated carbocycles. The Morgan fingerprint density at radius 1 is 1.11 bits per heavy atom. The molecule has 0 aliphatic heterocycles. The summed E-state index contributed by atoms with van der Waals surface area (Å²) in [6.45, 7) is 5.30. The highest BCUT2D eigenvalue weighted by Crippen LogP contribution is 2.25. The Morgan fingerprint density at radius 3 is 2.43 bits per heavy atom. The van der Waals surface area contributed by atoms with Crippen LogP contribution in [-0.2, 0) is 26.2 Å². The number of carbonyl (C=O) groups is 2. The molecular weight excluding hydrogens is 490 g/mol. The van der Waals surface area contributed by atoms with E-state index in [-0.39, 0.29) is 18.5 Å². The normalized spacial score (nSPS) is 14.7. The summed E-state index contributed by atoms with van der Waals surface area (Å²) in [5.74, 6) is -0.00707. The van der Waals surface area contributed by atoms with E-state index in [1.807, 2.05) is 57.2 Å². The molecule has 0 heterocycles. The van der Waals surface area contributed by atoms with Crippen LogP contribution in [0.25, 0.3) is 0 Å². The zero-order valence-electron chi connectivity index (χ0n) is 22.5. The lowest BCUT2D eigenvalue weighted by molar-refractivity contribution is -0.140. The van der Waals surface area contributed by atoms with Gasteiger partial charge in [0.05, 0.1) is 19.1 Å². The maximum atomic E-state index is 13.9. The van der Waals surface area contributed by atoms with Crippen LogP contribution in [0.4, 0.5) is 5.69 Å². The van der Waals surface area contributed by atoms with Gasteiger partial charge in [-0.3, -0.25) is 13.9 Å². The molecule has 0 bridgehead atoms. The van der Waals surface area contributed by atoms with Gasteiger partial charge in [0.25, 0.3) is 0 Å². The Morgan fingerprint density at radius 2 is 1.81 bits per heavy atom. The number of ether oxygens (including phenoxy) is 1. The van der Waals surface area contributed by atoms with E-state index < -0.39 is 28.5 Å². The first-order valence-electron chi connectivity index (χ1n) is 12.8. The minimum absolute atomic E-state index is 0.109. The average Bonchev–Trinajstić information content (AvgIpc) is 3.36. The molecule has 0 spiro atoms. The van der Waals surface area contributed by atoms with Gasteiger partial charge in [0, 0.05) is 12.6 Å². The summed E-state index contributed by atoms with van der Waals surface area (Å²) >= 11 is 0. The lowest BCUT2D eigenvalue weighted by Crippen LogP contribution is -2.53. The van der Waals surface area contributed by atoms with Gasteiger partial charge < -0.3 is 15.0 Å². The summed E-state index contributed by atoms with van der Waals surface area (Å²) in [6.07, 6.45) is 5.51. The standard InChI is InChI=1S/C28H39N3O5S/c1-6-25(28(33)29-23-11-7-8-12-23)30(18-22-10-9-13-24(17-22)36-4)27(32)19-31(37(5,34)35)26-16-20(2)14-15-21(26)3/h9-10,13-17,23,25H,6-8,11-12,18-19H2,1-5H3,(H,29,33)/t25-/m0/s1. The first-order valence-corrected chi connectivity index (χ1v) is 14.7. The molecule has 202 valence electrons.